The van der Waals surface area contributed by atoms with Crippen molar-refractivity contribution < 1.29 is 37.7 Å². The number of carboxylic acid groups (broad SMARTS) is 1. The molecule has 1 heterocycles. The molecule has 1 aliphatic rings. The van der Waals surface area contributed by atoms with Crippen molar-refractivity contribution in [3.8, 4) is 28.4 Å². The molecule has 0 spiro atoms. The number of benzene rings is 4. The molecular formula is C30H25F3N2O5. The Kier molecular flexibility index (Phi) is 7.72. The first-order valence-electron chi connectivity index (χ1n) is 11.9. The van der Waals surface area contributed by atoms with Gasteiger partial charge in [-0.15, -0.1) is 0 Å². The average Bonchev–Trinajstić information content (AvgIpc) is 3.26. The van der Waals surface area contributed by atoms with E-state index in [1.54, 1.807) is 20.3 Å². The maximum absolute atomic E-state index is 10.7. The Morgan fingerprint density at radius 2 is 1.45 bits per heavy atom. The summed E-state index contributed by atoms with van der Waals surface area (Å²) in [6.45, 7) is 0. The van der Waals surface area contributed by atoms with Gasteiger partial charge in [0.2, 0.25) is 0 Å². The van der Waals surface area contributed by atoms with Crippen LogP contribution in [0.3, 0.4) is 0 Å². The maximum Gasteiger partial charge on any atom is 0.490 e. The van der Waals surface area contributed by atoms with Crippen molar-refractivity contribution in [3.05, 3.63) is 113 Å². The zero-order chi connectivity index (χ0) is 29.1. The molecule has 4 N–H and O–H groups in total. The zero-order valence-corrected chi connectivity index (χ0v) is 21.4. The van der Waals surface area contributed by atoms with Crippen LogP contribution < -0.4 is 15.2 Å². The Morgan fingerprint density at radius 1 is 0.825 bits per heavy atom. The van der Waals surface area contributed by atoms with Gasteiger partial charge in [0.05, 0.1) is 14.2 Å². The molecule has 0 amide bonds. The number of phenolic OH excluding ortho intramolecular Hbond substituents is 1. The monoisotopic (exact) mass is 550 g/mol. The van der Waals surface area contributed by atoms with Crippen LogP contribution in [0.4, 0.5) is 13.2 Å². The van der Waals surface area contributed by atoms with E-state index in [0.717, 1.165) is 39.3 Å². The van der Waals surface area contributed by atoms with Crippen LogP contribution in [0.15, 0.2) is 96.0 Å². The summed E-state index contributed by atoms with van der Waals surface area (Å²) in [5.41, 5.74) is 10.9. The molecule has 206 valence electrons. The number of hydrogen-bond acceptors (Lipinski definition) is 6. The van der Waals surface area contributed by atoms with Gasteiger partial charge in [-0.1, -0.05) is 54.6 Å². The number of hydrogen-bond donors (Lipinski definition) is 3. The number of ether oxygens (including phenoxy) is 2. The number of carboxylic acids is 1. The van der Waals surface area contributed by atoms with Gasteiger partial charge in [-0.25, -0.2) is 9.79 Å². The fraction of sp³-hybridized carbons (Fsp3) is 0.133. The molecule has 0 bridgehead atoms. The molecule has 0 saturated heterocycles. The molecule has 0 aliphatic carbocycles. The number of rotatable bonds is 5. The topological polar surface area (TPSA) is 114 Å². The number of amidine groups is 1. The van der Waals surface area contributed by atoms with Gasteiger partial charge < -0.3 is 25.4 Å². The maximum atomic E-state index is 10.7. The van der Waals surface area contributed by atoms with E-state index in [0.29, 0.717) is 11.4 Å². The highest BCUT2D eigenvalue weighted by atomic mass is 19.4. The Labute approximate surface area is 228 Å². The molecule has 7 nitrogen and oxygen atoms in total. The van der Waals surface area contributed by atoms with Crippen molar-refractivity contribution in [2.45, 2.75) is 11.7 Å². The number of carbonyl (C=O) groups is 1. The van der Waals surface area contributed by atoms with Crippen LogP contribution >= 0.6 is 0 Å². The second-order valence-electron chi connectivity index (χ2n) is 8.75. The number of halogens is 3. The number of phenols is 1. The van der Waals surface area contributed by atoms with E-state index in [1.165, 1.54) is 0 Å². The van der Waals surface area contributed by atoms with Crippen molar-refractivity contribution >= 4 is 11.8 Å². The lowest BCUT2D eigenvalue weighted by Crippen LogP contribution is -2.25. The normalized spacial score (nSPS) is 15.8. The number of aliphatic imine (C=N–C) groups is 1. The van der Waals surface area contributed by atoms with Gasteiger partial charge in [-0.2, -0.15) is 13.2 Å². The first-order valence-corrected chi connectivity index (χ1v) is 11.9. The summed E-state index contributed by atoms with van der Waals surface area (Å²) >= 11 is 0. The van der Waals surface area contributed by atoms with Crippen LogP contribution in [0.5, 0.6) is 17.2 Å². The first-order chi connectivity index (χ1) is 19.0. The van der Waals surface area contributed by atoms with Gasteiger partial charge in [-0.3, -0.25) is 0 Å². The Balaban J connectivity index is 0.000000470. The van der Waals surface area contributed by atoms with Crippen LogP contribution in [0.25, 0.3) is 11.1 Å². The van der Waals surface area contributed by atoms with Crippen LogP contribution in [0.2, 0.25) is 0 Å². The summed E-state index contributed by atoms with van der Waals surface area (Å²) in [4.78, 5) is 13.9. The Bertz CT molecular complexity index is 1570. The number of aromatic hydroxyl groups is 1. The lowest BCUT2D eigenvalue weighted by molar-refractivity contribution is -0.192. The summed E-state index contributed by atoms with van der Waals surface area (Å²) in [7, 11) is 3.27. The van der Waals surface area contributed by atoms with E-state index in [-0.39, 0.29) is 5.75 Å². The molecule has 0 saturated carbocycles. The Morgan fingerprint density at radius 3 is 2.08 bits per heavy atom. The quantitative estimate of drug-likeness (QED) is 0.293. The molecule has 1 atom stereocenters. The smallest absolute Gasteiger partial charge is 0.490 e. The molecule has 10 heteroatoms. The fourth-order valence-electron chi connectivity index (χ4n) is 4.55. The van der Waals surface area contributed by atoms with Gasteiger partial charge in [0.15, 0.2) is 0 Å². The summed E-state index contributed by atoms with van der Waals surface area (Å²) in [6, 6.07) is 29.1. The van der Waals surface area contributed by atoms with Gasteiger partial charge in [0.25, 0.3) is 0 Å². The highest BCUT2D eigenvalue weighted by Gasteiger charge is 2.43. The SMILES string of the molecule is COc1ccc(C2(c3ccc(O)c(-c4cccc(OC)c4)c3)N=C(N)c3ccccc32)cc1.O=C(O)C(F)(F)F. The van der Waals surface area contributed by atoms with Crippen molar-refractivity contribution in [1.82, 2.24) is 0 Å². The lowest BCUT2D eigenvalue weighted by Gasteiger charge is -2.30. The Hall–Kier alpha value is -4.99. The summed E-state index contributed by atoms with van der Waals surface area (Å²) < 4.78 is 42.5. The van der Waals surface area contributed by atoms with Crippen LogP contribution in [0.1, 0.15) is 22.3 Å². The third kappa shape index (κ3) is 5.28. The first kappa shape index (κ1) is 28.0. The molecule has 0 fully saturated rings. The van der Waals surface area contributed by atoms with E-state index < -0.39 is 17.7 Å². The highest BCUT2D eigenvalue weighted by Crippen LogP contribution is 2.48. The summed E-state index contributed by atoms with van der Waals surface area (Å²) in [5, 5.41) is 17.9. The van der Waals surface area contributed by atoms with Crippen LogP contribution in [-0.2, 0) is 10.3 Å². The predicted molar refractivity (Wildman–Crippen MR) is 144 cm³/mol. The molecule has 0 aromatic heterocycles. The minimum absolute atomic E-state index is 0.181. The summed E-state index contributed by atoms with van der Waals surface area (Å²) in [6.07, 6.45) is -5.08. The van der Waals surface area contributed by atoms with E-state index >= 15 is 0 Å². The molecule has 4 aromatic carbocycles. The molecule has 40 heavy (non-hydrogen) atoms. The summed E-state index contributed by atoms with van der Waals surface area (Å²) in [5.74, 6) is -0.611. The minimum atomic E-state index is -5.08. The number of aliphatic carboxylic acids is 1. The van der Waals surface area contributed by atoms with Gasteiger partial charge >= 0.3 is 12.1 Å². The van der Waals surface area contributed by atoms with Gasteiger partial charge in [0, 0.05) is 11.1 Å². The average molecular weight is 551 g/mol. The molecule has 1 unspecified atom stereocenters. The predicted octanol–water partition coefficient (Wildman–Crippen LogP) is 5.72. The van der Waals surface area contributed by atoms with E-state index in [2.05, 4.69) is 6.07 Å². The van der Waals surface area contributed by atoms with Crippen LogP contribution in [-0.4, -0.2) is 42.4 Å². The van der Waals surface area contributed by atoms with E-state index in [1.807, 2.05) is 78.9 Å². The number of fused-ring (bicyclic) bond motifs is 1. The second kappa shape index (κ2) is 11.0. The molecule has 4 aromatic rings. The fourth-order valence-corrected chi connectivity index (χ4v) is 4.55. The minimum Gasteiger partial charge on any atom is -0.507 e. The third-order valence-corrected chi connectivity index (χ3v) is 6.43. The van der Waals surface area contributed by atoms with Crippen molar-refractivity contribution in [2.24, 2.45) is 10.7 Å². The number of nitrogens with two attached hydrogens (primary N) is 1. The highest BCUT2D eigenvalue weighted by molar-refractivity contribution is 6.03. The van der Waals surface area contributed by atoms with Crippen molar-refractivity contribution in [1.29, 1.82) is 0 Å². The van der Waals surface area contributed by atoms with Crippen molar-refractivity contribution in [2.75, 3.05) is 14.2 Å². The third-order valence-electron chi connectivity index (χ3n) is 6.43. The number of alkyl halides is 3. The second-order valence-corrected chi connectivity index (χ2v) is 8.75. The zero-order valence-electron chi connectivity index (χ0n) is 21.4. The largest absolute Gasteiger partial charge is 0.507 e. The lowest BCUT2D eigenvalue weighted by atomic mass is 9.77. The number of methoxy groups -OCH3 is 2. The molecular weight excluding hydrogens is 525 g/mol. The van der Waals surface area contributed by atoms with E-state index in [9.17, 15) is 18.3 Å². The van der Waals surface area contributed by atoms with Gasteiger partial charge in [0.1, 0.15) is 28.6 Å². The van der Waals surface area contributed by atoms with Crippen LogP contribution in [0, 0.1) is 0 Å². The molecule has 5 rings (SSSR count). The molecule has 1 aliphatic heterocycles. The van der Waals surface area contributed by atoms with Crippen molar-refractivity contribution in [3.63, 3.8) is 0 Å². The standard InChI is InChI=1S/C28H24N2O3.C2HF3O2/c1-32-21-13-10-19(11-14-21)28(25-9-4-3-8-23(25)27(29)30-28)20-12-15-26(31)24(17-20)18-6-5-7-22(16-18)33-2;3-2(4,5)1(6)7/h3-17,31H,1-2H3,(H2,29,30);(H,6,7). The van der Waals surface area contributed by atoms with Gasteiger partial charge in [-0.05, 0) is 58.7 Å². The van der Waals surface area contributed by atoms with E-state index in [4.69, 9.17) is 30.1 Å². The molecule has 0 radical (unpaired) electrons. The number of nitrogens with zero attached hydrogens (tertiary/aromatic N) is 1.